The molecule has 3 rings (SSSR count). The Hall–Kier alpha value is -2.92. The molecule has 210 valence electrons. The van der Waals surface area contributed by atoms with Crippen molar-refractivity contribution in [1.29, 1.82) is 0 Å². The number of rotatable bonds is 12. The summed E-state index contributed by atoms with van der Waals surface area (Å²) in [5.74, 6) is 0. The summed E-state index contributed by atoms with van der Waals surface area (Å²) < 4.78 is 11.3. The maximum absolute atomic E-state index is 8.63. The van der Waals surface area contributed by atoms with Gasteiger partial charge in [0.05, 0.1) is 0 Å². The van der Waals surface area contributed by atoms with E-state index in [2.05, 4.69) is 62.4 Å². The Morgan fingerprint density at radius 3 is 1.58 bits per heavy atom. The molecule has 2 aromatic rings. The van der Waals surface area contributed by atoms with Crippen molar-refractivity contribution in [1.82, 2.24) is 0 Å². The minimum absolute atomic E-state index is 0.0672. The Kier molecular flexibility index (Phi) is 23.7. The molecule has 0 amide bonds. The molecule has 1 aliphatic heterocycles. The number of aryl methyl sites for hydroxylation is 4. The minimum Gasteiger partial charge on any atom is -0.396 e. The van der Waals surface area contributed by atoms with Gasteiger partial charge in [0.15, 0.2) is 6.29 Å². The van der Waals surface area contributed by atoms with Gasteiger partial charge in [-0.15, -0.1) is 0 Å². The topological polar surface area (TPSA) is 107 Å². The molecule has 1 atom stereocenters. The highest BCUT2D eigenvalue weighted by atomic mass is 16.7. The first-order valence-electron chi connectivity index (χ1n) is 13.6. The zero-order valence-electron chi connectivity index (χ0n) is 23.0. The van der Waals surface area contributed by atoms with Gasteiger partial charge < -0.3 is 14.6 Å². The average molecular weight is 529 g/mol. The molecule has 1 N–H and O–H groups in total. The van der Waals surface area contributed by atoms with Crippen LogP contribution in [-0.4, -0.2) is 43.5 Å². The Balaban J connectivity index is 0.000000624. The summed E-state index contributed by atoms with van der Waals surface area (Å²) in [6.07, 6.45) is 12.8. The smallest absolute Gasteiger partial charge is 0.373 e. The van der Waals surface area contributed by atoms with E-state index in [-0.39, 0.29) is 18.6 Å². The molecule has 1 saturated heterocycles. The summed E-state index contributed by atoms with van der Waals surface area (Å²) in [4.78, 5) is 32.5. The van der Waals surface area contributed by atoms with E-state index in [1.807, 2.05) is 0 Å². The second-order valence-corrected chi connectivity index (χ2v) is 8.81. The first-order chi connectivity index (χ1) is 18.6. The third kappa shape index (κ3) is 19.2. The van der Waals surface area contributed by atoms with Crippen LogP contribution < -0.4 is 0 Å². The monoisotopic (exact) mass is 528 g/mol. The van der Waals surface area contributed by atoms with Gasteiger partial charge in [0.1, 0.15) is 0 Å². The Morgan fingerprint density at radius 2 is 1.18 bits per heavy atom. The standard InChI is InChI=1S/C17H26O2.C12H18O.2CO2/c1-2-15-9-11-16(12-10-15)7-3-5-13-18-17-8-4-6-14-19-17;1-2-11-6-8-12(9-7-11)5-3-4-10-13;2*2-1-3/h9-12,17H,2-8,13-14H2,1H3;6-9,13H,2-5,10H2,1H3;;. The first-order valence-corrected chi connectivity index (χ1v) is 13.6. The second kappa shape index (κ2) is 25.7. The predicted octanol–water partition coefficient (Wildman–Crippen LogP) is 5.51. The largest absolute Gasteiger partial charge is 0.396 e. The zero-order chi connectivity index (χ0) is 28.3. The summed E-state index contributed by atoms with van der Waals surface area (Å²) in [6.45, 7) is 6.37. The van der Waals surface area contributed by atoms with Crippen molar-refractivity contribution in [3.05, 3.63) is 70.8 Å². The molecular weight excluding hydrogens is 484 g/mol. The Morgan fingerprint density at radius 1 is 0.737 bits per heavy atom. The van der Waals surface area contributed by atoms with Crippen LogP contribution in [0.4, 0.5) is 0 Å². The maximum atomic E-state index is 8.63. The van der Waals surface area contributed by atoms with Gasteiger partial charge in [0.2, 0.25) is 0 Å². The molecule has 0 aromatic heterocycles. The maximum Gasteiger partial charge on any atom is 0.373 e. The summed E-state index contributed by atoms with van der Waals surface area (Å²) in [5.41, 5.74) is 5.63. The highest BCUT2D eigenvalue weighted by Gasteiger charge is 2.13. The van der Waals surface area contributed by atoms with Crippen molar-refractivity contribution in [3.8, 4) is 0 Å². The fourth-order valence-corrected chi connectivity index (χ4v) is 3.81. The number of ether oxygens (including phenoxy) is 2. The SMILES string of the molecule is CCc1ccc(CCCCO)cc1.CCc1ccc(CCCCOC2CCCCO2)cc1.O=C=O.O=C=O. The van der Waals surface area contributed by atoms with Crippen molar-refractivity contribution in [2.75, 3.05) is 19.8 Å². The van der Waals surface area contributed by atoms with E-state index in [9.17, 15) is 0 Å². The average Bonchev–Trinajstić information content (AvgIpc) is 2.95. The fourth-order valence-electron chi connectivity index (χ4n) is 3.81. The molecule has 2 aromatic carbocycles. The van der Waals surface area contributed by atoms with Crippen molar-refractivity contribution in [3.63, 3.8) is 0 Å². The van der Waals surface area contributed by atoms with Crippen molar-refractivity contribution >= 4 is 12.3 Å². The number of unbranched alkanes of at least 4 members (excludes halogenated alkanes) is 2. The Labute approximate surface area is 227 Å². The second-order valence-electron chi connectivity index (χ2n) is 8.81. The molecule has 1 unspecified atom stereocenters. The van der Waals surface area contributed by atoms with Gasteiger partial charge in [-0.05, 0) is 92.9 Å². The van der Waals surface area contributed by atoms with Gasteiger partial charge in [-0.1, -0.05) is 62.4 Å². The number of hydrogen-bond acceptors (Lipinski definition) is 7. The molecule has 7 heteroatoms. The van der Waals surface area contributed by atoms with Crippen LogP contribution in [0.3, 0.4) is 0 Å². The van der Waals surface area contributed by atoms with Crippen LogP contribution in [0.2, 0.25) is 0 Å². The summed E-state index contributed by atoms with van der Waals surface area (Å²) >= 11 is 0. The molecular formula is C31H44O7. The lowest BCUT2D eigenvalue weighted by atomic mass is 10.1. The molecule has 1 fully saturated rings. The minimum atomic E-state index is 0.0672. The number of aliphatic hydroxyl groups is 1. The molecule has 7 nitrogen and oxygen atoms in total. The fraction of sp³-hybridized carbons (Fsp3) is 0.548. The van der Waals surface area contributed by atoms with Gasteiger partial charge in [0.25, 0.3) is 0 Å². The summed E-state index contributed by atoms with van der Waals surface area (Å²) in [6, 6.07) is 17.7. The third-order valence-electron chi connectivity index (χ3n) is 6.04. The molecule has 1 aliphatic rings. The van der Waals surface area contributed by atoms with Crippen LogP contribution in [0.1, 0.15) is 81.0 Å². The first kappa shape index (κ1) is 35.1. The van der Waals surface area contributed by atoms with Crippen molar-refractivity contribution in [2.45, 2.75) is 90.8 Å². The highest BCUT2D eigenvalue weighted by Crippen LogP contribution is 2.14. The Bertz CT molecular complexity index is 848. The lowest BCUT2D eigenvalue weighted by molar-refractivity contribution is -0.193. The van der Waals surface area contributed by atoms with Crippen LogP contribution in [0.15, 0.2) is 48.5 Å². The molecule has 0 radical (unpaired) electrons. The third-order valence-corrected chi connectivity index (χ3v) is 6.04. The van der Waals surface area contributed by atoms with E-state index >= 15 is 0 Å². The molecule has 0 aliphatic carbocycles. The van der Waals surface area contributed by atoms with Crippen LogP contribution in [0, 0.1) is 0 Å². The van der Waals surface area contributed by atoms with Gasteiger partial charge in [-0.3, -0.25) is 0 Å². The van der Waals surface area contributed by atoms with Crippen LogP contribution >= 0.6 is 0 Å². The van der Waals surface area contributed by atoms with Gasteiger partial charge >= 0.3 is 12.3 Å². The normalized spacial score (nSPS) is 13.7. The summed E-state index contributed by atoms with van der Waals surface area (Å²) in [7, 11) is 0. The van der Waals surface area contributed by atoms with E-state index in [0.29, 0.717) is 6.61 Å². The number of hydrogen-bond donors (Lipinski definition) is 1. The van der Waals surface area contributed by atoms with E-state index < -0.39 is 0 Å². The number of carbonyl (C=O) groups excluding carboxylic acids is 4. The lowest BCUT2D eigenvalue weighted by Crippen LogP contribution is -2.22. The van der Waals surface area contributed by atoms with Crippen LogP contribution in [0.25, 0.3) is 0 Å². The number of benzene rings is 2. The van der Waals surface area contributed by atoms with Crippen molar-refractivity contribution in [2.24, 2.45) is 0 Å². The van der Waals surface area contributed by atoms with Gasteiger partial charge in [-0.25, -0.2) is 0 Å². The number of aliphatic hydroxyl groups excluding tert-OH is 1. The lowest BCUT2D eigenvalue weighted by Gasteiger charge is -2.22. The molecule has 0 spiro atoms. The van der Waals surface area contributed by atoms with Gasteiger partial charge in [-0.2, -0.15) is 19.2 Å². The molecule has 1 heterocycles. The molecule has 0 saturated carbocycles. The van der Waals surface area contributed by atoms with E-state index in [1.165, 1.54) is 41.5 Å². The molecule has 38 heavy (non-hydrogen) atoms. The van der Waals surface area contributed by atoms with E-state index in [1.54, 1.807) is 0 Å². The zero-order valence-corrected chi connectivity index (χ0v) is 23.0. The highest BCUT2D eigenvalue weighted by molar-refractivity contribution is 5.23. The van der Waals surface area contributed by atoms with E-state index in [4.69, 9.17) is 33.8 Å². The van der Waals surface area contributed by atoms with Gasteiger partial charge in [0, 0.05) is 19.8 Å². The molecule has 0 bridgehead atoms. The van der Waals surface area contributed by atoms with Crippen molar-refractivity contribution < 1.29 is 33.8 Å². The quantitative estimate of drug-likeness (QED) is 0.362. The summed E-state index contributed by atoms with van der Waals surface area (Å²) in [5, 5.41) is 8.63. The van der Waals surface area contributed by atoms with Crippen LogP contribution in [0.5, 0.6) is 0 Å². The van der Waals surface area contributed by atoms with Crippen LogP contribution in [-0.2, 0) is 54.3 Å². The van der Waals surface area contributed by atoms with E-state index in [0.717, 1.165) is 64.6 Å². The predicted molar refractivity (Wildman–Crippen MR) is 144 cm³/mol.